The van der Waals surface area contributed by atoms with E-state index in [0.717, 1.165) is 22.5 Å². The Hall–Kier alpha value is -3.51. The van der Waals surface area contributed by atoms with E-state index in [2.05, 4.69) is 17.1 Å². The molecule has 0 saturated carbocycles. The molecule has 1 atom stereocenters. The molecule has 1 aromatic heterocycles. The maximum Gasteiger partial charge on any atom is 0.254 e. The average Bonchev–Trinajstić information content (AvgIpc) is 2.68. The van der Waals surface area contributed by atoms with E-state index < -0.39 is 0 Å². The van der Waals surface area contributed by atoms with Gasteiger partial charge in [-0.3, -0.25) is 4.79 Å². The van der Waals surface area contributed by atoms with Crippen LogP contribution in [0.15, 0.2) is 41.0 Å². The van der Waals surface area contributed by atoms with Gasteiger partial charge in [0.15, 0.2) is 0 Å². The van der Waals surface area contributed by atoms with Crippen LogP contribution in [-0.4, -0.2) is 18.6 Å². The number of ether oxygens (including phenoxy) is 1. The van der Waals surface area contributed by atoms with Crippen molar-refractivity contribution >= 4 is 5.69 Å². The van der Waals surface area contributed by atoms with Crippen LogP contribution in [0, 0.1) is 29.6 Å². The van der Waals surface area contributed by atoms with Gasteiger partial charge in [0.05, 0.1) is 42.5 Å². The molecule has 0 spiro atoms. The van der Waals surface area contributed by atoms with Gasteiger partial charge in [0.25, 0.3) is 5.56 Å². The highest BCUT2D eigenvalue weighted by molar-refractivity contribution is 5.69. The summed E-state index contributed by atoms with van der Waals surface area (Å²) < 4.78 is 5.50. The van der Waals surface area contributed by atoms with E-state index in [9.17, 15) is 4.79 Å². The van der Waals surface area contributed by atoms with Gasteiger partial charge < -0.3 is 14.6 Å². The number of pyridine rings is 1. The predicted molar refractivity (Wildman–Crippen MR) is 103 cm³/mol. The second kappa shape index (κ2) is 7.39. The zero-order chi connectivity index (χ0) is 19.6. The Morgan fingerprint density at radius 1 is 1.30 bits per heavy atom. The topological polar surface area (TPSA) is 92.9 Å². The highest BCUT2D eigenvalue weighted by Gasteiger charge is 2.31. The van der Waals surface area contributed by atoms with Crippen LogP contribution in [0.3, 0.4) is 0 Å². The minimum Gasteiger partial charge on any atom is -0.496 e. The number of rotatable bonds is 4. The molecule has 0 saturated heterocycles. The minimum absolute atomic E-state index is 0.169. The molecule has 0 bridgehead atoms. The Balaban J connectivity index is 2.25. The smallest absolute Gasteiger partial charge is 0.254 e. The van der Waals surface area contributed by atoms with Crippen LogP contribution in [0.25, 0.3) is 0 Å². The van der Waals surface area contributed by atoms with Crippen LogP contribution in [-0.2, 0) is 0 Å². The first-order valence-corrected chi connectivity index (χ1v) is 8.65. The number of aromatic amines is 1. The third kappa shape index (κ3) is 3.18. The number of benzene rings is 1. The van der Waals surface area contributed by atoms with E-state index in [0.29, 0.717) is 29.8 Å². The van der Waals surface area contributed by atoms with Crippen molar-refractivity contribution in [1.82, 2.24) is 4.98 Å². The van der Waals surface area contributed by atoms with E-state index in [1.165, 1.54) is 0 Å². The molecule has 6 nitrogen and oxygen atoms in total. The van der Waals surface area contributed by atoms with Crippen molar-refractivity contribution in [2.75, 3.05) is 18.6 Å². The number of nitrogens with one attached hydrogen (secondary N) is 1. The molecule has 0 amide bonds. The van der Waals surface area contributed by atoms with Crippen LogP contribution in [0.2, 0.25) is 0 Å². The number of H-pyrrole nitrogens is 1. The number of nitrogens with zero attached hydrogens (tertiary/aromatic N) is 3. The van der Waals surface area contributed by atoms with Crippen molar-refractivity contribution in [2.45, 2.75) is 26.2 Å². The quantitative estimate of drug-likeness (QED) is 0.903. The third-order valence-electron chi connectivity index (χ3n) is 4.85. The Kier molecular flexibility index (Phi) is 5.00. The van der Waals surface area contributed by atoms with Crippen LogP contribution >= 0.6 is 0 Å². The Morgan fingerprint density at radius 2 is 2.07 bits per heavy atom. The van der Waals surface area contributed by atoms with Crippen LogP contribution in [0.5, 0.6) is 5.75 Å². The highest BCUT2D eigenvalue weighted by Crippen LogP contribution is 2.42. The summed E-state index contributed by atoms with van der Waals surface area (Å²) >= 11 is 0. The maximum absolute atomic E-state index is 12.8. The molecule has 0 unspecified atom stereocenters. The molecule has 0 radical (unpaired) electrons. The first kappa shape index (κ1) is 18.3. The Morgan fingerprint density at radius 3 is 2.74 bits per heavy atom. The van der Waals surface area contributed by atoms with Gasteiger partial charge >= 0.3 is 0 Å². The van der Waals surface area contributed by atoms with Gasteiger partial charge in [-0.05, 0) is 31.5 Å². The van der Waals surface area contributed by atoms with Crippen molar-refractivity contribution in [3.05, 3.63) is 68.8 Å². The average molecular weight is 360 g/mol. The lowest BCUT2D eigenvalue weighted by atomic mass is 9.85. The van der Waals surface area contributed by atoms with Crippen molar-refractivity contribution in [3.8, 4) is 17.9 Å². The molecule has 1 N–H and O–H groups in total. The van der Waals surface area contributed by atoms with Crippen molar-refractivity contribution < 1.29 is 4.74 Å². The molecule has 0 aliphatic carbocycles. The first-order chi connectivity index (χ1) is 13.0. The largest absolute Gasteiger partial charge is 0.496 e. The minimum atomic E-state index is -0.301. The summed E-state index contributed by atoms with van der Waals surface area (Å²) in [5, 5.41) is 18.1. The molecule has 136 valence electrons. The SMILES string of the molecule is COc1cc(C#N)ccc1[C@@H]1C=C(C)N(CCC#N)c2c(C)c[nH]c(=O)c21. The maximum atomic E-state index is 12.8. The highest BCUT2D eigenvalue weighted by atomic mass is 16.5. The van der Waals surface area contributed by atoms with E-state index >= 15 is 0 Å². The molecule has 0 fully saturated rings. The van der Waals surface area contributed by atoms with Gasteiger partial charge in [-0.25, -0.2) is 0 Å². The number of hydrogen-bond acceptors (Lipinski definition) is 5. The van der Waals surface area contributed by atoms with Gasteiger partial charge in [-0.2, -0.15) is 10.5 Å². The molecule has 27 heavy (non-hydrogen) atoms. The molecule has 2 aromatic rings. The van der Waals surface area contributed by atoms with E-state index in [-0.39, 0.29) is 11.5 Å². The zero-order valence-electron chi connectivity index (χ0n) is 15.5. The fourth-order valence-electron chi connectivity index (χ4n) is 3.61. The molecule has 6 heteroatoms. The molecule has 3 rings (SSSR count). The van der Waals surface area contributed by atoms with Gasteiger partial charge in [0.1, 0.15) is 5.75 Å². The summed E-state index contributed by atoms with van der Waals surface area (Å²) in [5.74, 6) is 0.269. The second-order valence-corrected chi connectivity index (χ2v) is 6.48. The van der Waals surface area contributed by atoms with Crippen molar-refractivity contribution in [2.24, 2.45) is 0 Å². The summed E-state index contributed by atoms with van der Waals surface area (Å²) in [6.45, 7) is 4.44. The van der Waals surface area contributed by atoms with Crippen molar-refractivity contribution in [3.63, 3.8) is 0 Å². The zero-order valence-corrected chi connectivity index (χ0v) is 15.5. The monoisotopic (exact) mass is 360 g/mol. The summed E-state index contributed by atoms with van der Waals surface area (Å²) in [4.78, 5) is 17.6. The van der Waals surface area contributed by atoms with Gasteiger partial charge in [-0.15, -0.1) is 0 Å². The number of anilines is 1. The second-order valence-electron chi connectivity index (χ2n) is 6.48. The molecule has 1 aromatic carbocycles. The predicted octanol–water partition coefficient (Wildman–Crippen LogP) is 3.33. The number of allylic oxidation sites excluding steroid dienone is 2. The van der Waals surface area contributed by atoms with E-state index in [4.69, 9.17) is 15.3 Å². The lowest BCUT2D eigenvalue weighted by Gasteiger charge is -2.35. The fourth-order valence-corrected chi connectivity index (χ4v) is 3.61. The lowest BCUT2D eigenvalue weighted by Crippen LogP contribution is -2.33. The van der Waals surface area contributed by atoms with Gasteiger partial charge in [0.2, 0.25) is 0 Å². The molecular weight excluding hydrogens is 340 g/mol. The Bertz CT molecular complexity index is 1050. The van der Waals surface area contributed by atoms with Crippen molar-refractivity contribution in [1.29, 1.82) is 10.5 Å². The molecule has 1 aliphatic rings. The number of hydrogen-bond donors (Lipinski definition) is 1. The van der Waals surface area contributed by atoms with Crippen LogP contribution in [0.4, 0.5) is 5.69 Å². The number of fused-ring (bicyclic) bond motifs is 1. The first-order valence-electron chi connectivity index (χ1n) is 8.65. The lowest BCUT2D eigenvalue weighted by molar-refractivity contribution is 0.409. The number of aromatic nitrogens is 1. The van der Waals surface area contributed by atoms with Crippen LogP contribution in [0.1, 0.15) is 41.5 Å². The molecular formula is C21H20N4O2. The summed E-state index contributed by atoms with van der Waals surface area (Å²) in [6.07, 6.45) is 4.08. The summed E-state index contributed by atoms with van der Waals surface area (Å²) in [7, 11) is 1.56. The third-order valence-corrected chi connectivity index (χ3v) is 4.85. The fraction of sp³-hybridized carbons (Fsp3) is 0.286. The van der Waals surface area contributed by atoms with Gasteiger partial charge in [-0.1, -0.05) is 12.1 Å². The number of methoxy groups -OCH3 is 1. The van der Waals surface area contributed by atoms with Gasteiger partial charge in [0, 0.05) is 29.9 Å². The summed E-state index contributed by atoms with van der Waals surface area (Å²) in [6, 6.07) is 9.53. The van der Waals surface area contributed by atoms with E-state index in [1.54, 1.807) is 25.4 Å². The Labute approximate surface area is 157 Å². The number of nitriles is 2. The van der Waals surface area contributed by atoms with E-state index in [1.807, 2.05) is 30.9 Å². The summed E-state index contributed by atoms with van der Waals surface area (Å²) in [5.41, 5.74) is 4.54. The number of aryl methyl sites for hydroxylation is 1. The molecule has 1 aliphatic heterocycles. The molecule has 2 heterocycles. The van der Waals surface area contributed by atoms with Crippen LogP contribution < -0.4 is 15.2 Å². The standard InChI is InChI=1S/C21H20N4O2/c1-13-12-24-21(26)19-17(9-14(2)25(20(13)19)8-4-7-22)16-6-5-15(11-23)10-18(16)27-3/h5-6,9-10,12,17H,4,8H2,1-3H3,(H,24,26)/t17-/m0/s1. The normalized spacial score (nSPS) is 15.4.